The van der Waals surface area contributed by atoms with Crippen molar-refractivity contribution in [2.75, 3.05) is 0 Å². The summed E-state index contributed by atoms with van der Waals surface area (Å²) in [4.78, 5) is 16.2. The molecule has 0 fully saturated rings. The third-order valence-electron chi connectivity index (χ3n) is 3.39. The smallest absolute Gasteiger partial charge is 0.448 e. The van der Waals surface area contributed by atoms with Crippen molar-refractivity contribution in [2.24, 2.45) is 4.99 Å². The number of hydrogen-bond acceptors (Lipinski definition) is 4. The van der Waals surface area contributed by atoms with E-state index in [-0.39, 0.29) is 23.7 Å². The maximum Gasteiger partial charge on any atom is 0.448 e. The van der Waals surface area contributed by atoms with E-state index in [1.165, 1.54) is 24.5 Å². The molecule has 5 nitrogen and oxygen atoms in total. The van der Waals surface area contributed by atoms with Crippen LogP contribution < -0.4 is 0 Å². The molecule has 1 amide bonds. The number of aliphatic imine (C=N–C) groups is 1. The van der Waals surface area contributed by atoms with Gasteiger partial charge in [-0.2, -0.15) is 13.2 Å². The Labute approximate surface area is 128 Å². The van der Waals surface area contributed by atoms with Gasteiger partial charge in [0.15, 0.2) is 0 Å². The first kappa shape index (κ1) is 15.3. The summed E-state index contributed by atoms with van der Waals surface area (Å²) in [6.45, 7) is -0.266. The van der Waals surface area contributed by atoms with Gasteiger partial charge in [-0.1, -0.05) is 30.3 Å². The van der Waals surface area contributed by atoms with Gasteiger partial charge in [-0.15, -0.1) is 0 Å². The molecule has 120 valence electrons. The number of halogens is 3. The zero-order valence-corrected chi connectivity index (χ0v) is 11.6. The molecule has 0 aliphatic carbocycles. The number of aliphatic hydroxyl groups is 1. The zero-order valence-electron chi connectivity index (χ0n) is 11.6. The van der Waals surface area contributed by atoms with Crippen LogP contribution in [-0.2, 0) is 11.3 Å². The first-order valence-corrected chi connectivity index (χ1v) is 6.61. The fourth-order valence-corrected chi connectivity index (χ4v) is 2.24. The van der Waals surface area contributed by atoms with Crippen LogP contribution in [0, 0.1) is 0 Å². The molecule has 0 spiro atoms. The number of amides is 1. The molecule has 0 saturated heterocycles. The monoisotopic (exact) mass is 324 g/mol. The number of carbonyl (C=O) groups excluding carboxylic acids is 1. The van der Waals surface area contributed by atoms with Crippen LogP contribution >= 0.6 is 0 Å². The Hall–Kier alpha value is -2.61. The summed E-state index contributed by atoms with van der Waals surface area (Å²) in [6.07, 6.45) is -3.88. The van der Waals surface area contributed by atoms with Gasteiger partial charge in [0, 0.05) is 5.56 Å². The molecular weight excluding hydrogens is 313 g/mol. The van der Waals surface area contributed by atoms with Crippen LogP contribution in [0.15, 0.2) is 58.1 Å². The van der Waals surface area contributed by atoms with Crippen molar-refractivity contribution in [3.8, 4) is 0 Å². The summed E-state index contributed by atoms with van der Waals surface area (Å²) in [5.74, 6) is -1.54. The molecule has 1 aromatic carbocycles. The molecule has 1 N–H and O–H groups in total. The molecule has 1 aliphatic heterocycles. The predicted molar refractivity (Wildman–Crippen MR) is 73.2 cm³/mol. The molecule has 0 bridgehead atoms. The quantitative estimate of drug-likeness (QED) is 0.942. The Kier molecular flexibility index (Phi) is 3.48. The van der Waals surface area contributed by atoms with E-state index in [4.69, 9.17) is 4.42 Å². The standard InChI is InChI=1S/C15H11F3N2O3/c16-15(17,18)14(22)13(21)20(9-11-7-4-8-23-11)12(19-14)10-5-2-1-3-6-10/h1-8,22H,9H2/t14-/m1/s1. The Morgan fingerprint density at radius 1 is 1.17 bits per heavy atom. The van der Waals surface area contributed by atoms with E-state index in [0.717, 1.165) is 4.90 Å². The Morgan fingerprint density at radius 3 is 2.43 bits per heavy atom. The van der Waals surface area contributed by atoms with E-state index in [2.05, 4.69) is 4.99 Å². The third kappa shape index (κ3) is 2.50. The van der Waals surface area contributed by atoms with Crippen LogP contribution in [0.2, 0.25) is 0 Å². The summed E-state index contributed by atoms with van der Waals surface area (Å²) < 4.78 is 44.4. The lowest BCUT2D eigenvalue weighted by Crippen LogP contribution is -2.52. The minimum atomic E-state index is -5.22. The van der Waals surface area contributed by atoms with Crippen molar-refractivity contribution in [1.29, 1.82) is 0 Å². The SMILES string of the molecule is O=C1N(Cc2ccco2)C(c2ccccc2)=N[C@]1(O)C(F)(F)F. The molecule has 1 aliphatic rings. The minimum absolute atomic E-state index is 0.258. The molecule has 0 unspecified atom stereocenters. The molecule has 0 saturated carbocycles. The van der Waals surface area contributed by atoms with Crippen LogP contribution in [0.25, 0.3) is 0 Å². The maximum absolute atomic E-state index is 13.1. The number of nitrogens with zero attached hydrogens (tertiary/aromatic N) is 2. The molecule has 3 rings (SSSR count). The molecule has 1 aromatic heterocycles. The number of furan rings is 1. The molecule has 2 heterocycles. The van der Waals surface area contributed by atoms with E-state index in [0.29, 0.717) is 0 Å². The third-order valence-corrected chi connectivity index (χ3v) is 3.39. The van der Waals surface area contributed by atoms with Crippen LogP contribution in [0.5, 0.6) is 0 Å². The van der Waals surface area contributed by atoms with Crippen molar-refractivity contribution in [3.05, 3.63) is 60.1 Å². The van der Waals surface area contributed by atoms with Gasteiger partial charge in [-0.05, 0) is 12.1 Å². The highest BCUT2D eigenvalue weighted by Gasteiger charge is 2.65. The van der Waals surface area contributed by atoms with Crippen LogP contribution in [0.4, 0.5) is 13.2 Å². The number of rotatable bonds is 3. The van der Waals surface area contributed by atoms with Gasteiger partial charge in [-0.3, -0.25) is 9.69 Å². The number of alkyl halides is 3. The molecule has 2 aromatic rings. The number of amidine groups is 1. The lowest BCUT2D eigenvalue weighted by atomic mass is 10.2. The van der Waals surface area contributed by atoms with Gasteiger partial charge in [-0.25, -0.2) is 4.99 Å². The maximum atomic E-state index is 13.1. The van der Waals surface area contributed by atoms with Crippen molar-refractivity contribution in [3.63, 3.8) is 0 Å². The van der Waals surface area contributed by atoms with Crippen LogP contribution in [-0.4, -0.2) is 33.7 Å². The molecule has 23 heavy (non-hydrogen) atoms. The minimum Gasteiger partial charge on any atom is -0.467 e. The van der Waals surface area contributed by atoms with E-state index in [1.807, 2.05) is 0 Å². The van der Waals surface area contributed by atoms with E-state index < -0.39 is 17.8 Å². The second kappa shape index (κ2) is 5.24. The number of benzene rings is 1. The molecule has 8 heteroatoms. The lowest BCUT2D eigenvalue weighted by Gasteiger charge is -2.23. The van der Waals surface area contributed by atoms with Crippen molar-refractivity contribution >= 4 is 11.7 Å². The summed E-state index contributed by atoms with van der Waals surface area (Å²) in [6, 6.07) is 10.9. The zero-order chi connectivity index (χ0) is 16.7. The van der Waals surface area contributed by atoms with E-state index in [1.54, 1.807) is 24.3 Å². The van der Waals surface area contributed by atoms with Crippen molar-refractivity contribution < 1.29 is 27.5 Å². The predicted octanol–water partition coefficient (Wildman–Crippen LogP) is 2.32. The largest absolute Gasteiger partial charge is 0.467 e. The summed E-state index contributed by atoms with van der Waals surface area (Å²) >= 11 is 0. The van der Waals surface area contributed by atoms with E-state index in [9.17, 15) is 23.1 Å². The second-order valence-corrected chi connectivity index (χ2v) is 4.94. The summed E-state index contributed by atoms with van der Waals surface area (Å²) in [7, 11) is 0. The van der Waals surface area contributed by atoms with Gasteiger partial charge in [0.05, 0.1) is 12.8 Å². The number of carbonyl (C=O) groups is 1. The molecule has 1 atom stereocenters. The molecule has 0 radical (unpaired) electrons. The van der Waals surface area contributed by atoms with Gasteiger partial charge in [0.1, 0.15) is 11.6 Å². The van der Waals surface area contributed by atoms with Gasteiger partial charge in [0.25, 0.3) is 5.91 Å². The average Bonchev–Trinajstić information content (AvgIpc) is 3.10. The molecular formula is C15H11F3N2O3. The average molecular weight is 324 g/mol. The first-order valence-electron chi connectivity index (χ1n) is 6.61. The van der Waals surface area contributed by atoms with Gasteiger partial charge >= 0.3 is 11.9 Å². The Morgan fingerprint density at radius 2 is 1.87 bits per heavy atom. The fourth-order valence-electron chi connectivity index (χ4n) is 2.24. The van der Waals surface area contributed by atoms with Crippen LogP contribution in [0.3, 0.4) is 0 Å². The Balaban J connectivity index is 2.06. The number of hydrogen-bond donors (Lipinski definition) is 1. The van der Waals surface area contributed by atoms with Gasteiger partial charge < -0.3 is 9.52 Å². The summed E-state index contributed by atoms with van der Waals surface area (Å²) in [5.41, 5.74) is -3.50. The van der Waals surface area contributed by atoms with Crippen molar-refractivity contribution in [2.45, 2.75) is 18.4 Å². The Bertz CT molecular complexity index is 741. The van der Waals surface area contributed by atoms with Gasteiger partial charge in [0.2, 0.25) is 0 Å². The second-order valence-electron chi connectivity index (χ2n) is 4.94. The highest BCUT2D eigenvalue weighted by atomic mass is 19.4. The fraction of sp³-hybridized carbons (Fsp3) is 0.200. The van der Waals surface area contributed by atoms with E-state index >= 15 is 0 Å². The highest BCUT2D eigenvalue weighted by molar-refractivity contribution is 6.14. The first-order chi connectivity index (χ1) is 10.8. The summed E-state index contributed by atoms with van der Waals surface area (Å²) in [5, 5.41) is 9.79. The normalized spacial score (nSPS) is 21.7. The van der Waals surface area contributed by atoms with Crippen LogP contribution in [0.1, 0.15) is 11.3 Å². The van der Waals surface area contributed by atoms with Crippen molar-refractivity contribution in [1.82, 2.24) is 4.90 Å². The topological polar surface area (TPSA) is 66.0 Å². The highest BCUT2D eigenvalue weighted by Crippen LogP contribution is 2.38. The lowest BCUT2D eigenvalue weighted by molar-refractivity contribution is -0.248.